The summed E-state index contributed by atoms with van der Waals surface area (Å²) in [5.74, 6) is 0. The molecule has 3 heteroatoms. The summed E-state index contributed by atoms with van der Waals surface area (Å²) in [5.41, 5.74) is 0. The maximum absolute atomic E-state index is 7.32. The minimum absolute atomic E-state index is 0. The van der Waals surface area contributed by atoms with E-state index < -0.39 is 0 Å². The first-order chi connectivity index (χ1) is 1.41. The van der Waals surface area contributed by atoms with Gasteiger partial charge in [0.25, 0.3) is 0 Å². The van der Waals surface area contributed by atoms with E-state index in [1.165, 1.54) is 6.92 Å². The Kier molecular flexibility index (Phi) is 118. The molecule has 0 rings (SSSR count). The summed E-state index contributed by atoms with van der Waals surface area (Å²) >= 11 is 0. The van der Waals surface area contributed by atoms with Crippen molar-refractivity contribution in [1.82, 2.24) is 0 Å². The van der Waals surface area contributed by atoms with E-state index in [2.05, 4.69) is 0 Å². The van der Waals surface area contributed by atoms with Gasteiger partial charge in [0, 0.05) is 28.6 Å². The molecule has 0 saturated heterocycles. The van der Waals surface area contributed by atoms with Crippen molar-refractivity contribution in [3.8, 4) is 6.07 Å². The maximum atomic E-state index is 7.32. The Hall–Kier alpha value is 0.164. The largest absolute Gasteiger partial charge is 0.412 e. The smallest absolute Gasteiger partial charge is 0.0587 e. The molecule has 0 saturated carbocycles. The Morgan fingerprint density at radius 1 is 1.60 bits per heavy atom. The van der Waals surface area contributed by atoms with Crippen LogP contribution in [0.5, 0.6) is 0 Å². The van der Waals surface area contributed by atoms with Crippen LogP contribution in [-0.4, -0.2) is 5.48 Å². The Balaban J connectivity index is -0.0000000200. The first-order valence-corrected chi connectivity index (χ1v) is 0.724. The molecule has 5 heavy (non-hydrogen) atoms. The van der Waals surface area contributed by atoms with E-state index in [4.69, 9.17) is 5.26 Å². The van der Waals surface area contributed by atoms with Crippen LogP contribution in [0.4, 0.5) is 0 Å². The zero-order valence-electron chi connectivity index (χ0n) is 2.95. The zero-order chi connectivity index (χ0) is 2.71. The molecule has 0 aromatic carbocycles. The topological polar surface area (TPSA) is 55.3 Å². The molecule has 0 amide bonds. The van der Waals surface area contributed by atoms with Crippen LogP contribution in [0.2, 0.25) is 0 Å². The minimum atomic E-state index is 0. The molecule has 0 spiro atoms. The first-order valence-electron chi connectivity index (χ1n) is 0.724. The fourth-order valence-electron chi connectivity index (χ4n) is 0. The second-order valence-corrected chi connectivity index (χ2v) is 0.224. The summed E-state index contributed by atoms with van der Waals surface area (Å²) in [7, 11) is 0. The molecule has 0 bridgehead atoms. The zero-order valence-corrected chi connectivity index (χ0v) is 4.51. The molecule has 0 radical (unpaired) electrons. The standard InChI is InChI=1S/C2H3N.H2O.Ti/c1-2-3;;/h1H3;1H2;. The Bertz CT molecular complexity index is 31.1. The summed E-state index contributed by atoms with van der Waals surface area (Å²) < 4.78 is 0. The Labute approximate surface area is 46.0 Å². The predicted molar refractivity (Wildman–Crippen MR) is 14.9 cm³/mol. The van der Waals surface area contributed by atoms with Gasteiger partial charge in [0.05, 0.1) is 6.07 Å². The van der Waals surface area contributed by atoms with Crippen molar-refractivity contribution < 1.29 is 27.2 Å². The molecule has 0 aliphatic carbocycles. The summed E-state index contributed by atoms with van der Waals surface area (Å²) in [4.78, 5) is 0. The average Bonchev–Trinajstić information content (AvgIpc) is 0.918. The van der Waals surface area contributed by atoms with E-state index in [9.17, 15) is 0 Å². The van der Waals surface area contributed by atoms with Gasteiger partial charge in [-0.3, -0.25) is 0 Å². The molecule has 28 valence electrons. The molecule has 0 unspecified atom stereocenters. The van der Waals surface area contributed by atoms with Crippen molar-refractivity contribution >= 4 is 0 Å². The number of nitriles is 1. The van der Waals surface area contributed by atoms with Crippen LogP contribution < -0.4 is 0 Å². The molecule has 0 heterocycles. The Morgan fingerprint density at radius 2 is 1.60 bits per heavy atom. The summed E-state index contributed by atoms with van der Waals surface area (Å²) in [6.45, 7) is 1.43. The molecule has 0 aromatic heterocycles. The Morgan fingerprint density at radius 3 is 1.60 bits per heavy atom. The SMILES string of the molecule is CC#N.O.[Ti]. The number of nitrogens with zero attached hydrogens (tertiary/aromatic N) is 1. The van der Waals surface area contributed by atoms with Crippen LogP contribution in [0, 0.1) is 11.3 Å². The molecule has 2 nitrogen and oxygen atoms in total. The molecule has 2 N–H and O–H groups in total. The van der Waals surface area contributed by atoms with Crippen LogP contribution >= 0.6 is 0 Å². The van der Waals surface area contributed by atoms with E-state index in [0.717, 1.165) is 0 Å². The summed E-state index contributed by atoms with van der Waals surface area (Å²) in [6.07, 6.45) is 0. The van der Waals surface area contributed by atoms with Crippen LogP contribution in [0.25, 0.3) is 0 Å². The van der Waals surface area contributed by atoms with Gasteiger partial charge in [-0.2, -0.15) is 5.26 Å². The van der Waals surface area contributed by atoms with Gasteiger partial charge in [0.2, 0.25) is 0 Å². The first kappa shape index (κ1) is 19.1. The van der Waals surface area contributed by atoms with Crippen molar-refractivity contribution in [2.24, 2.45) is 0 Å². The van der Waals surface area contributed by atoms with Crippen LogP contribution in [0.3, 0.4) is 0 Å². The number of hydrogen-bond donors (Lipinski definition) is 0. The maximum Gasteiger partial charge on any atom is 0.0587 e. The molecular weight excluding hydrogens is 102 g/mol. The number of rotatable bonds is 0. The van der Waals surface area contributed by atoms with Crippen molar-refractivity contribution in [3.63, 3.8) is 0 Å². The van der Waals surface area contributed by atoms with Crippen LogP contribution in [0.15, 0.2) is 0 Å². The normalized spacial score (nSPS) is 1.60. The van der Waals surface area contributed by atoms with Crippen molar-refractivity contribution in [3.05, 3.63) is 0 Å². The fraction of sp³-hybridized carbons (Fsp3) is 0.500. The molecule has 0 aliphatic rings. The molecule has 0 aromatic rings. The summed E-state index contributed by atoms with van der Waals surface area (Å²) in [5, 5.41) is 7.32. The van der Waals surface area contributed by atoms with E-state index in [0.29, 0.717) is 0 Å². The average molecular weight is 107 g/mol. The second kappa shape index (κ2) is 30.8. The fourth-order valence-corrected chi connectivity index (χ4v) is 0. The van der Waals surface area contributed by atoms with Crippen molar-refractivity contribution in [1.29, 1.82) is 5.26 Å². The second-order valence-electron chi connectivity index (χ2n) is 0.224. The van der Waals surface area contributed by atoms with Gasteiger partial charge in [-0.1, -0.05) is 0 Å². The van der Waals surface area contributed by atoms with Gasteiger partial charge < -0.3 is 5.48 Å². The van der Waals surface area contributed by atoms with Gasteiger partial charge in [0.15, 0.2) is 0 Å². The monoisotopic (exact) mass is 107 g/mol. The third-order valence-corrected chi connectivity index (χ3v) is 0. The minimum Gasteiger partial charge on any atom is -0.412 e. The number of hydrogen-bond acceptors (Lipinski definition) is 1. The van der Waals surface area contributed by atoms with Gasteiger partial charge in [0.1, 0.15) is 0 Å². The van der Waals surface area contributed by atoms with E-state index in [1.807, 2.05) is 0 Å². The van der Waals surface area contributed by atoms with Crippen LogP contribution in [-0.2, 0) is 21.7 Å². The molecule has 0 fully saturated rings. The van der Waals surface area contributed by atoms with Gasteiger partial charge in [-0.15, -0.1) is 0 Å². The van der Waals surface area contributed by atoms with E-state index in [1.54, 1.807) is 6.07 Å². The molecule has 0 atom stereocenters. The molecule has 0 aliphatic heterocycles. The molecular formula is C2H5NOTi. The van der Waals surface area contributed by atoms with Gasteiger partial charge >= 0.3 is 0 Å². The van der Waals surface area contributed by atoms with Gasteiger partial charge in [-0.25, -0.2) is 0 Å². The van der Waals surface area contributed by atoms with Crippen LogP contribution in [0.1, 0.15) is 6.92 Å². The van der Waals surface area contributed by atoms with Crippen molar-refractivity contribution in [2.45, 2.75) is 6.92 Å². The predicted octanol–water partition coefficient (Wildman–Crippen LogP) is -0.297. The quantitative estimate of drug-likeness (QED) is 0.392. The van der Waals surface area contributed by atoms with Crippen molar-refractivity contribution in [2.75, 3.05) is 0 Å². The summed E-state index contributed by atoms with van der Waals surface area (Å²) in [6, 6.07) is 1.75. The third kappa shape index (κ3) is 723. The third-order valence-electron chi connectivity index (χ3n) is 0. The van der Waals surface area contributed by atoms with Gasteiger partial charge in [-0.05, 0) is 0 Å². The van der Waals surface area contributed by atoms with E-state index in [-0.39, 0.29) is 27.2 Å². The van der Waals surface area contributed by atoms with E-state index >= 15 is 0 Å².